The molecule has 1 aliphatic carbocycles. The van der Waals surface area contributed by atoms with Gasteiger partial charge < -0.3 is 4.90 Å². The van der Waals surface area contributed by atoms with E-state index in [2.05, 4.69) is 133 Å². The molecule has 1 atom stereocenters. The van der Waals surface area contributed by atoms with Crippen LogP contribution in [0.15, 0.2) is 139 Å². The van der Waals surface area contributed by atoms with Crippen molar-refractivity contribution in [3.05, 3.63) is 144 Å². The first-order valence-corrected chi connectivity index (χ1v) is 10.7. The fraction of sp³-hybridized carbons (Fsp3) is 0.100. The van der Waals surface area contributed by atoms with Crippen LogP contribution in [0.3, 0.4) is 0 Å². The highest BCUT2D eigenvalue weighted by Gasteiger charge is 2.16. The van der Waals surface area contributed by atoms with E-state index in [1.807, 2.05) is 13.0 Å². The summed E-state index contributed by atoms with van der Waals surface area (Å²) >= 11 is 0. The van der Waals surface area contributed by atoms with Crippen LogP contribution in [0.5, 0.6) is 0 Å². The summed E-state index contributed by atoms with van der Waals surface area (Å²) in [6, 6.07) is 29.8. The Morgan fingerprint density at radius 1 is 0.806 bits per heavy atom. The summed E-state index contributed by atoms with van der Waals surface area (Å²) in [4.78, 5) is 2.25. The Bertz CT molecular complexity index is 1160. The molecular weight excluding hydrogens is 374 g/mol. The minimum absolute atomic E-state index is 0.253. The smallest absolute Gasteiger partial charge is 0.0884 e. The van der Waals surface area contributed by atoms with Crippen molar-refractivity contribution < 1.29 is 0 Å². The lowest BCUT2D eigenvalue weighted by molar-refractivity contribution is 1.04. The van der Waals surface area contributed by atoms with E-state index in [-0.39, 0.29) is 5.92 Å². The summed E-state index contributed by atoms with van der Waals surface area (Å²) < 4.78 is 0. The third-order valence-electron chi connectivity index (χ3n) is 5.42. The first-order valence-electron chi connectivity index (χ1n) is 10.7. The number of allylic oxidation sites excluding steroid dienone is 5. The molecule has 1 heteroatoms. The van der Waals surface area contributed by atoms with Gasteiger partial charge in [0.05, 0.1) is 5.70 Å². The van der Waals surface area contributed by atoms with Crippen LogP contribution in [0.2, 0.25) is 0 Å². The number of hydrogen-bond donors (Lipinski definition) is 0. The average molecular weight is 402 g/mol. The highest BCUT2D eigenvalue weighted by molar-refractivity contribution is 5.70. The summed E-state index contributed by atoms with van der Waals surface area (Å²) in [5.74, 6) is 0.253. The van der Waals surface area contributed by atoms with E-state index < -0.39 is 0 Å². The lowest BCUT2D eigenvalue weighted by Gasteiger charge is -2.27. The van der Waals surface area contributed by atoms with E-state index in [0.717, 1.165) is 17.1 Å². The standard InChI is InChI=1S/C30H27N/c1-3-11-28(4-2)31(29-20-16-26(17-21-29)24-12-7-5-8-13-24)30-22-18-27(19-23-30)25-14-9-6-10-15-25/h3-22,27H,1-2H3/b11-3-,28-4+. The molecule has 0 aromatic heterocycles. The van der Waals surface area contributed by atoms with E-state index >= 15 is 0 Å². The highest BCUT2D eigenvalue weighted by Crippen LogP contribution is 2.31. The molecule has 31 heavy (non-hydrogen) atoms. The van der Waals surface area contributed by atoms with Gasteiger partial charge in [-0.2, -0.15) is 0 Å². The number of anilines is 1. The molecule has 1 aliphatic rings. The minimum Gasteiger partial charge on any atom is -0.304 e. The van der Waals surface area contributed by atoms with Crippen molar-refractivity contribution in [1.82, 2.24) is 0 Å². The van der Waals surface area contributed by atoms with Gasteiger partial charge in [0, 0.05) is 17.3 Å². The summed E-state index contributed by atoms with van der Waals surface area (Å²) in [6.07, 6.45) is 12.9. The maximum absolute atomic E-state index is 3.54. The first kappa shape index (κ1) is 20.5. The molecule has 3 aromatic carbocycles. The van der Waals surface area contributed by atoms with Crippen molar-refractivity contribution in [3.63, 3.8) is 0 Å². The Balaban J connectivity index is 1.71. The van der Waals surface area contributed by atoms with E-state index in [1.54, 1.807) is 0 Å². The number of nitrogens with zero attached hydrogens (tertiary/aromatic N) is 1. The van der Waals surface area contributed by atoms with Crippen LogP contribution in [-0.4, -0.2) is 0 Å². The molecule has 0 amide bonds. The monoisotopic (exact) mass is 401 g/mol. The van der Waals surface area contributed by atoms with Crippen LogP contribution in [0, 0.1) is 0 Å². The van der Waals surface area contributed by atoms with Gasteiger partial charge >= 0.3 is 0 Å². The molecule has 0 saturated heterocycles. The average Bonchev–Trinajstić information content (AvgIpc) is 2.85. The van der Waals surface area contributed by atoms with Gasteiger partial charge in [-0.25, -0.2) is 0 Å². The van der Waals surface area contributed by atoms with Crippen LogP contribution in [0.25, 0.3) is 11.1 Å². The first-order chi connectivity index (χ1) is 15.3. The second-order valence-corrected chi connectivity index (χ2v) is 7.45. The predicted octanol–water partition coefficient (Wildman–Crippen LogP) is 8.03. The van der Waals surface area contributed by atoms with Gasteiger partial charge in [-0.15, -0.1) is 0 Å². The molecule has 0 saturated carbocycles. The van der Waals surface area contributed by atoms with Gasteiger partial charge in [0.1, 0.15) is 0 Å². The maximum atomic E-state index is 3.54. The Labute approximate surface area is 185 Å². The second-order valence-electron chi connectivity index (χ2n) is 7.45. The Morgan fingerprint density at radius 2 is 1.45 bits per heavy atom. The number of rotatable bonds is 6. The predicted molar refractivity (Wildman–Crippen MR) is 133 cm³/mol. The van der Waals surface area contributed by atoms with E-state index in [4.69, 9.17) is 0 Å². The fourth-order valence-corrected chi connectivity index (χ4v) is 3.83. The quantitative estimate of drug-likeness (QED) is 0.298. The van der Waals surface area contributed by atoms with Crippen LogP contribution < -0.4 is 4.90 Å². The zero-order chi connectivity index (χ0) is 21.5. The van der Waals surface area contributed by atoms with Crippen molar-refractivity contribution in [1.29, 1.82) is 0 Å². The third kappa shape index (κ3) is 4.69. The number of benzene rings is 3. The summed E-state index contributed by atoms with van der Waals surface area (Å²) in [5.41, 5.74) is 10.5. The molecule has 0 radical (unpaired) electrons. The second kappa shape index (κ2) is 9.80. The molecule has 0 aliphatic heterocycles. The molecule has 3 aromatic rings. The van der Waals surface area contributed by atoms with Crippen molar-refractivity contribution >= 4 is 5.69 Å². The summed E-state index contributed by atoms with van der Waals surface area (Å²) in [6.45, 7) is 4.12. The highest BCUT2D eigenvalue weighted by atomic mass is 15.1. The van der Waals surface area contributed by atoms with Crippen molar-refractivity contribution in [2.75, 3.05) is 4.90 Å². The molecule has 0 heterocycles. The van der Waals surface area contributed by atoms with E-state index in [1.165, 1.54) is 16.7 Å². The van der Waals surface area contributed by atoms with Crippen LogP contribution >= 0.6 is 0 Å². The van der Waals surface area contributed by atoms with E-state index in [0.29, 0.717) is 0 Å². The van der Waals surface area contributed by atoms with Gasteiger partial charge in [0.2, 0.25) is 0 Å². The van der Waals surface area contributed by atoms with Gasteiger partial charge in [0.25, 0.3) is 0 Å². The SMILES string of the molecule is C/C=C\C(=C/C)N(C1=C=CC(c2ccccc2)C=C1)c1ccc(-c2ccccc2)cc1. The molecule has 4 rings (SSSR count). The summed E-state index contributed by atoms with van der Waals surface area (Å²) in [5, 5.41) is 0. The van der Waals surface area contributed by atoms with Gasteiger partial charge in [-0.1, -0.05) is 96.8 Å². The Hall–Kier alpha value is -3.80. The zero-order valence-electron chi connectivity index (χ0n) is 18.1. The molecule has 0 bridgehead atoms. The molecular formula is C30H27N. The van der Waals surface area contributed by atoms with Gasteiger partial charge in [-0.05, 0) is 60.9 Å². The van der Waals surface area contributed by atoms with Crippen LogP contribution in [0.4, 0.5) is 5.69 Å². The zero-order valence-corrected chi connectivity index (χ0v) is 18.1. The fourth-order valence-electron chi connectivity index (χ4n) is 3.83. The summed E-state index contributed by atoms with van der Waals surface area (Å²) in [7, 11) is 0. The normalized spacial score (nSPS) is 15.9. The minimum atomic E-state index is 0.253. The van der Waals surface area contributed by atoms with Crippen molar-refractivity contribution in [2.24, 2.45) is 0 Å². The third-order valence-corrected chi connectivity index (χ3v) is 5.42. The molecule has 1 nitrogen and oxygen atoms in total. The van der Waals surface area contributed by atoms with Gasteiger partial charge in [-0.3, -0.25) is 0 Å². The Kier molecular flexibility index (Phi) is 6.47. The topological polar surface area (TPSA) is 3.24 Å². The molecule has 0 N–H and O–H groups in total. The van der Waals surface area contributed by atoms with Crippen molar-refractivity contribution in [3.8, 4) is 11.1 Å². The maximum Gasteiger partial charge on any atom is 0.0884 e. The Morgan fingerprint density at radius 3 is 2.03 bits per heavy atom. The number of hydrogen-bond acceptors (Lipinski definition) is 1. The van der Waals surface area contributed by atoms with Crippen LogP contribution in [-0.2, 0) is 0 Å². The van der Waals surface area contributed by atoms with Gasteiger partial charge in [0.15, 0.2) is 0 Å². The van der Waals surface area contributed by atoms with Crippen molar-refractivity contribution in [2.45, 2.75) is 19.8 Å². The largest absolute Gasteiger partial charge is 0.304 e. The lowest BCUT2D eigenvalue weighted by Crippen LogP contribution is -2.20. The molecule has 0 fully saturated rings. The molecule has 1 unspecified atom stereocenters. The van der Waals surface area contributed by atoms with E-state index in [9.17, 15) is 0 Å². The lowest BCUT2D eigenvalue weighted by atomic mass is 9.96. The van der Waals surface area contributed by atoms with Crippen LogP contribution in [0.1, 0.15) is 25.3 Å². The molecule has 152 valence electrons. The molecule has 0 spiro atoms.